The molecule has 2 heterocycles. The number of carbonyl (C=O) groups excluding carboxylic acids is 2. The molecule has 31 heavy (non-hydrogen) atoms. The van der Waals surface area contributed by atoms with Crippen LogP contribution in [0.1, 0.15) is 103 Å². The topological polar surface area (TPSA) is 56.3 Å². The average molecular weight is 448 g/mol. The van der Waals surface area contributed by atoms with Gasteiger partial charge in [-0.25, -0.2) is 4.98 Å². The molecule has 2 rings (SSSR count). The summed E-state index contributed by atoms with van der Waals surface area (Å²) in [6, 6.07) is 0. The van der Waals surface area contributed by atoms with Crippen molar-refractivity contribution in [1.82, 2.24) is 4.98 Å². The fraction of sp³-hybridized carbons (Fsp3) is 0.731. The molecule has 0 bridgehead atoms. The number of aromatic nitrogens is 1. The molecule has 0 N–H and O–H groups in total. The summed E-state index contributed by atoms with van der Waals surface area (Å²) < 4.78 is 5.92. The van der Waals surface area contributed by atoms with Gasteiger partial charge in [-0.1, -0.05) is 53.4 Å². The van der Waals surface area contributed by atoms with Crippen LogP contribution in [0, 0.1) is 24.2 Å². The lowest BCUT2D eigenvalue weighted by molar-refractivity contribution is -0.148. The molecule has 3 atom stereocenters. The van der Waals surface area contributed by atoms with Gasteiger partial charge in [0.2, 0.25) is 0 Å². The van der Waals surface area contributed by atoms with Gasteiger partial charge in [-0.05, 0) is 57.1 Å². The Labute approximate surface area is 192 Å². The normalized spacial score (nSPS) is 27.7. The van der Waals surface area contributed by atoms with E-state index >= 15 is 0 Å². The van der Waals surface area contributed by atoms with Gasteiger partial charge in [-0.15, -0.1) is 11.3 Å². The Balaban J connectivity index is 2.13. The second-order valence-corrected chi connectivity index (χ2v) is 11.2. The van der Waals surface area contributed by atoms with E-state index in [9.17, 15) is 9.59 Å². The summed E-state index contributed by atoms with van der Waals surface area (Å²) in [5.41, 5.74) is 1.46. The van der Waals surface area contributed by atoms with Crippen LogP contribution in [0.5, 0.6) is 0 Å². The first-order valence-electron chi connectivity index (χ1n) is 11.9. The molecule has 0 saturated carbocycles. The van der Waals surface area contributed by atoms with Crippen LogP contribution < -0.4 is 0 Å². The number of hydrogen-bond acceptors (Lipinski definition) is 5. The Kier molecular flexibility index (Phi) is 9.92. The molecule has 1 aromatic rings. The van der Waals surface area contributed by atoms with E-state index in [1.165, 1.54) is 19.3 Å². The highest BCUT2D eigenvalue weighted by Gasteiger charge is 2.33. The van der Waals surface area contributed by atoms with E-state index in [2.05, 4.69) is 11.9 Å². The molecule has 174 valence electrons. The first-order chi connectivity index (χ1) is 14.6. The number of aryl methyl sites for hydroxylation is 1. The molecular weight excluding hydrogens is 406 g/mol. The molecule has 3 unspecified atom stereocenters. The molecule has 0 radical (unpaired) electrons. The Morgan fingerprint density at radius 1 is 1.16 bits per heavy atom. The minimum absolute atomic E-state index is 0.0356. The van der Waals surface area contributed by atoms with Gasteiger partial charge >= 0.3 is 5.97 Å². The van der Waals surface area contributed by atoms with Gasteiger partial charge in [0.05, 0.1) is 10.7 Å². The zero-order valence-corrected chi connectivity index (χ0v) is 21.1. The molecule has 1 aliphatic heterocycles. The van der Waals surface area contributed by atoms with Crippen molar-refractivity contribution in [3.8, 4) is 0 Å². The highest BCUT2D eigenvalue weighted by Crippen LogP contribution is 2.31. The minimum Gasteiger partial charge on any atom is -0.458 e. The number of Topliss-reactive ketones (excluding diaryl/α,β-unsaturated/α-hetero) is 1. The highest BCUT2D eigenvalue weighted by molar-refractivity contribution is 7.09. The summed E-state index contributed by atoms with van der Waals surface area (Å²) in [7, 11) is 0. The van der Waals surface area contributed by atoms with Crippen molar-refractivity contribution in [2.24, 2.45) is 17.3 Å². The summed E-state index contributed by atoms with van der Waals surface area (Å²) in [4.78, 5) is 30.2. The molecule has 0 aliphatic carbocycles. The summed E-state index contributed by atoms with van der Waals surface area (Å²) in [6.45, 7) is 12.3. The number of cyclic esters (lactones) is 1. The van der Waals surface area contributed by atoms with Crippen LogP contribution >= 0.6 is 11.3 Å². The molecule has 1 aliphatic rings. The number of ketones is 1. The zero-order valence-electron chi connectivity index (χ0n) is 20.3. The maximum atomic E-state index is 13.0. The number of hydrogen-bond donors (Lipinski definition) is 0. The van der Waals surface area contributed by atoms with E-state index in [0.717, 1.165) is 42.0 Å². The van der Waals surface area contributed by atoms with Crippen molar-refractivity contribution in [2.45, 2.75) is 105 Å². The molecule has 0 spiro atoms. The minimum atomic E-state index is -0.506. The smallest absolute Gasteiger partial charge is 0.306 e. The van der Waals surface area contributed by atoms with Crippen molar-refractivity contribution in [2.75, 3.05) is 0 Å². The van der Waals surface area contributed by atoms with Crippen molar-refractivity contribution >= 4 is 29.2 Å². The van der Waals surface area contributed by atoms with E-state index < -0.39 is 5.41 Å². The fourth-order valence-corrected chi connectivity index (χ4v) is 5.15. The number of thiazole rings is 1. The third-order valence-corrected chi connectivity index (χ3v) is 7.32. The SMILES string of the molecule is CC(=Cc1csc(C)n1)C1CCCCCCC(C)CC(C)C(=O)C(C)(C)CCC(=O)O1. The second kappa shape index (κ2) is 11.9. The highest BCUT2D eigenvalue weighted by atomic mass is 32.1. The van der Waals surface area contributed by atoms with Crippen LogP contribution in [0.25, 0.3) is 6.08 Å². The van der Waals surface area contributed by atoms with Crippen LogP contribution in [0.2, 0.25) is 0 Å². The fourth-order valence-electron chi connectivity index (χ4n) is 4.58. The molecule has 1 fully saturated rings. The van der Waals surface area contributed by atoms with Gasteiger partial charge in [0.15, 0.2) is 0 Å². The predicted molar refractivity (Wildman–Crippen MR) is 129 cm³/mol. The summed E-state index contributed by atoms with van der Waals surface area (Å²) >= 11 is 1.63. The van der Waals surface area contributed by atoms with Crippen LogP contribution in [-0.2, 0) is 14.3 Å². The first kappa shape index (κ1) is 25.8. The standard InChI is InChI=1S/C26H41NO3S/c1-18-11-9-7-8-10-12-23(19(2)16-22-17-31-21(4)27-22)30-24(28)13-14-26(5,6)25(29)20(3)15-18/h16-18,20,23H,7-15H2,1-6H3. The summed E-state index contributed by atoms with van der Waals surface area (Å²) in [6.07, 6.45) is 10.2. The van der Waals surface area contributed by atoms with Crippen molar-refractivity contribution in [3.05, 3.63) is 21.7 Å². The molecular formula is C26H41NO3S. The lowest BCUT2D eigenvalue weighted by Gasteiger charge is -2.28. The quantitative estimate of drug-likeness (QED) is 0.451. The molecule has 4 nitrogen and oxygen atoms in total. The molecule has 1 saturated heterocycles. The van der Waals surface area contributed by atoms with Crippen LogP contribution in [0.4, 0.5) is 0 Å². The Bertz CT molecular complexity index is 764. The monoisotopic (exact) mass is 447 g/mol. The first-order valence-corrected chi connectivity index (χ1v) is 12.8. The van der Waals surface area contributed by atoms with E-state index in [0.29, 0.717) is 12.3 Å². The maximum absolute atomic E-state index is 13.0. The number of carbonyl (C=O) groups is 2. The Morgan fingerprint density at radius 3 is 2.48 bits per heavy atom. The number of esters is 1. The number of nitrogens with zero attached hydrogens (tertiary/aromatic N) is 1. The lowest BCUT2D eigenvalue weighted by atomic mass is 9.75. The van der Waals surface area contributed by atoms with E-state index in [1.807, 2.05) is 46.1 Å². The van der Waals surface area contributed by atoms with Crippen molar-refractivity contribution < 1.29 is 14.3 Å². The lowest BCUT2D eigenvalue weighted by Crippen LogP contribution is -2.32. The van der Waals surface area contributed by atoms with Crippen LogP contribution in [0.15, 0.2) is 11.0 Å². The predicted octanol–water partition coefficient (Wildman–Crippen LogP) is 7.16. The van der Waals surface area contributed by atoms with Gasteiger partial charge < -0.3 is 4.74 Å². The Hall–Kier alpha value is -1.49. The third kappa shape index (κ3) is 8.51. The summed E-state index contributed by atoms with van der Waals surface area (Å²) in [5, 5.41) is 3.07. The van der Waals surface area contributed by atoms with Gasteiger partial charge in [0.25, 0.3) is 0 Å². The molecule has 0 aromatic carbocycles. The van der Waals surface area contributed by atoms with Crippen LogP contribution in [0.3, 0.4) is 0 Å². The van der Waals surface area contributed by atoms with Gasteiger partial charge in [-0.3, -0.25) is 9.59 Å². The van der Waals surface area contributed by atoms with E-state index in [-0.39, 0.29) is 30.2 Å². The van der Waals surface area contributed by atoms with E-state index in [4.69, 9.17) is 4.74 Å². The maximum Gasteiger partial charge on any atom is 0.306 e. The van der Waals surface area contributed by atoms with E-state index in [1.54, 1.807) is 11.3 Å². The molecule has 1 aromatic heterocycles. The van der Waals surface area contributed by atoms with Crippen molar-refractivity contribution in [3.63, 3.8) is 0 Å². The van der Waals surface area contributed by atoms with Gasteiger partial charge in [0.1, 0.15) is 11.9 Å². The van der Waals surface area contributed by atoms with Gasteiger partial charge in [-0.2, -0.15) is 0 Å². The van der Waals surface area contributed by atoms with Gasteiger partial charge in [0, 0.05) is 23.1 Å². The molecule has 0 amide bonds. The average Bonchev–Trinajstić information content (AvgIpc) is 3.11. The molecule has 5 heteroatoms. The third-order valence-electron chi connectivity index (χ3n) is 6.53. The van der Waals surface area contributed by atoms with Crippen molar-refractivity contribution in [1.29, 1.82) is 0 Å². The largest absolute Gasteiger partial charge is 0.458 e. The second-order valence-electron chi connectivity index (χ2n) is 10.1. The summed E-state index contributed by atoms with van der Waals surface area (Å²) in [5.74, 6) is 0.660. The number of ether oxygens (including phenoxy) is 1. The Morgan fingerprint density at radius 2 is 1.84 bits per heavy atom. The number of rotatable bonds is 2. The zero-order chi connectivity index (χ0) is 23.0. The van der Waals surface area contributed by atoms with Crippen LogP contribution in [-0.4, -0.2) is 22.8 Å².